The highest BCUT2D eigenvalue weighted by molar-refractivity contribution is 6.02. The minimum atomic E-state index is -1.36. The minimum absolute atomic E-state index is 0.0751. The number of aliphatic hydroxyl groups excluding tert-OH is 1. The number of aryl methyl sites for hydroxylation is 1. The number of amides is 2. The van der Waals surface area contributed by atoms with Crippen LogP contribution in [0.2, 0.25) is 0 Å². The van der Waals surface area contributed by atoms with Crippen LogP contribution in [0.4, 0.5) is 5.69 Å². The zero-order valence-electron chi connectivity index (χ0n) is 14.4. The van der Waals surface area contributed by atoms with E-state index in [0.29, 0.717) is 11.4 Å². The number of ether oxygens (including phenoxy) is 1. The summed E-state index contributed by atoms with van der Waals surface area (Å²) in [6.45, 7) is 4.56. The van der Waals surface area contributed by atoms with Crippen molar-refractivity contribution in [2.24, 2.45) is 0 Å². The number of fused-ring (bicyclic) bond motifs is 1. The Morgan fingerprint density at radius 2 is 2.04 bits per heavy atom. The first-order chi connectivity index (χ1) is 11.7. The molecule has 0 saturated carbocycles. The Bertz CT molecular complexity index is 700. The Labute approximate surface area is 145 Å². The second-order valence-corrected chi connectivity index (χ2v) is 6.43. The van der Waals surface area contributed by atoms with E-state index in [0.717, 1.165) is 5.56 Å². The van der Waals surface area contributed by atoms with Crippen molar-refractivity contribution in [3.05, 3.63) is 23.8 Å². The monoisotopic (exact) mass is 350 g/mol. The van der Waals surface area contributed by atoms with Crippen molar-refractivity contribution in [1.82, 2.24) is 5.32 Å². The topological polar surface area (TPSA) is 116 Å². The molecule has 0 saturated heterocycles. The van der Waals surface area contributed by atoms with Gasteiger partial charge in [-0.15, -0.1) is 0 Å². The number of nitrogens with zero attached hydrogens (tertiary/aromatic N) is 1. The van der Waals surface area contributed by atoms with Gasteiger partial charge in [-0.25, -0.2) is 4.79 Å². The van der Waals surface area contributed by atoms with Gasteiger partial charge in [0.15, 0.2) is 5.60 Å². The molecule has 0 aromatic heterocycles. The summed E-state index contributed by atoms with van der Waals surface area (Å²) < 4.78 is 5.73. The number of carbonyl (C=O) groups excluding carboxylic acids is 2. The molecule has 1 aliphatic heterocycles. The first-order valence-corrected chi connectivity index (χ1v) is 7.90. The quantitative estimate of drug-likeness (QED) is 0.686. The lowest BCUT2D eigenvalue weighted by molar-refractivity contribution is -0.143. The lowest BCUT2D eigenvalue weighted by Gasteiger charge is -2.39. The smallest absolute Gasteiger partial charge is 0.328 e. The molecule has 1 heterocycles. The van der Waals surface area contributed by atoms with Crippen LogP contribution in [-0.2, 0) is 14.4 Å². The van der Waals surface area contributed by atoms with Crippen molar-refractivity contribution in [3.8, 4) is 5.75 Å². The van der Waals surface area contributed by atoms with Gasteiger partial charge in [0, 0.05) is 13.0 Å². The zero-order chi connectivity index (χ0) is 18.8. The van der Waals surface area contributed by atoms with Crippen molar-refractivity contribution in [3.63, 3.8) is 0 Å². The van der Waals surface area contributed by atoms with Crippen molar-refractivity contribution in [1.29, 1.82) is 0 Å². The lowest BCUT2D eigenvalue weighted by atomic mass is 10.0. The SMILES string of the molecule is Cc1ccc2c(c1)N(CCC(=O)NC(CO)C(=O)O)C(=O)C(C)(C)O2. The van der Waals surface area contributed by atoms with Crippen LogP contribution in [0, 0.1) is 6.92 Å². The Kier molecular flexibility index (Phi) is 5.32. The average molecular weight is 350 g/mol. The molecule has 1 unspecified atom stereocenters. The van der Waals surface area contributed by atoms with E-state index in [1.165, 1.54) is 4.90 Å². The van der Waals surface area contributed by atoms with E-state index >= 15 is 0 Å². The summed E-state index contributed by atoms with van der Waals surface area (Å²) in [5, 5.41) is 20.0. The van der Waals surface area contributed by atoms with Gasteiger partial charge in [-0.05, 0) is 38.5 Å². The fourth-order valence-corrected chi connectivity index (χ4v) is 2.56. The maximum Gasteiger partial charge on any atom is 0.328 e. The summed E-state index contributed by atoms with van der Waals surface area (Å²) in [6, 6.07) is 4.08. The number of carboxylic acids is 1. The van der Waals surface area contributed by atoms with Gasteiger partial charge >= 0.3 is 5.97 Å². The van der Waals surface area contributed by atoms with Crippen molar-refractivity contribution in [2.45, 2.75) is 38.8 Å². The fraction of sp³-hybridized carbons (Fsp3) is 0.471. The molecule has 8 nitrogen and oxygen atoms in total. The Morgan fingerprint density at radius 3 is 2.64 bits per heavy atom. The molecular formula is C17H22N2O6. The number of hydrogen-bond donors (Lipinski definition) is 3. The lowest BCUT2D eigenvalue weighted by Crippen LogP contribution is -2.53. The summed E-state index contributed by atoms with van der Waals surface area (Å²) in [7, 11) is 0. The summed E-state index contributed by atoms with van der Waals surface area (Å²) in [4.78, 5) is 36.9. The molecule has 0 bridgehead atoms. The largest absolute Gasteiger partial charge is 0.480 e. The first kappa shape index (κ1) is 18.7. The number of nitrogens with one attached hydrogen (secondary N) is 1. The van der Waals surface area contributed by atoms with Crippen LogP contribution in [0.25, 0.3) is 0 Å². The van der Waals surface area contributed by atoms with Crippen LogP contribution in [0.5, 0.6) is 5.75 Å². The first-order valence-electron chi connectivity index (χ1n) is 7.90. The predicted molar refractivity (Wildman–Crippen MR) is 89.5 cm³/mol. The number of benzene rings is 1. The number of hydrogen-bond acceptors (Lipinski definition) is 5. The Morgan fingerprint density at radius 1 is 1.36 bits per heavy atom. The molecule has 1 aromatic carbocycles. The highest BCUT2D eigenvalue weighted by Crippen LogP contribution is 2.38. The molecule has 2 amide bonds. The Hall–Kier alpha value is -2.61. The van der Waals surface area contributed by atoms with Gasteiger partial charge in [-0.3, -0.25) is 9.59 Å². The van der Waals surface area contributed by atoms with E-state index in [9.17, 15) is 14.4 Å². The van der Waals surface area contributed by atoms with Crippen LogP contribution in [0.15, 0.2) is 18.2 Å². The third-order valence-corrected chi connectivity index (χ3v) is 3.91. The van der Waals surface area contributed by atoms with Gasteiger partial charge in [0.05, 0.1) is 12.3 Å². The molecule has 25 heavy (non-hydrogen) atoms. The van der Waals surface area contributed by atoms with E-state index in [2.05, 4.69) is 5.32 Å². The molecule has 0 aliphatic carbocycles. The van der Waals surface area contributed by atoms with Gasteiger partial charge in [0.1, 0.15) is 11.8 Å². The molecular weight excluding hydrogens is 328 g/mol. The fourth-order valence-electron chi connectivity index (χ4n) is 2.56. The summed E-state index contributed by atoms with van der Waals surface area (Å²) >= 11 is 0. The molecule has 0 radical (unpaired) electrons. The number of aliphatic hydroxyl groups is 1. The normalized spacial score (nSPS) is 16.6. The van der Waals surface area contributed by atoms with Crippen LogP contribution < -0.4 is 15.0 Å². The van der Waals surface area contributed by atoms with Crippen LogP contribution in [0.3, 0.4) is 0 Å². The molecule has 1 aliphatic rings. The number of aliphatic carboxylic acids is 1. The summed E-state index contributed by atoms with van der Waals surface area (Å²) in [6.07, 6.45) is -0.0982. The van der Waals surface area contributed by atoms with E-state index in [4.69, 9.17) is 14.9 Å². The number of anilines is 1. The van der Waals surface area contributed by atoms with Crippen molar-refractivity contribution < 1.29 is 29.3 Å². The van der Waals surface area contributed by atoms with Gasteiger partial charge in [0.2, 0.25) is 5.91 Å². The molecule has 2 rings (SSSR count). The second kappa shape index (κ2) is 7.10. The van der Waals surface area contributed by atoms with Crippen LogP contribution in [0.1, 0.15) is 25.8 Å². The molecule has 3 N–H and O–H groups in total. The molecule has 8 heteroatoms. The minimum Gasteiger partial charge on any atom is -0.480 e. The third kappa shape index (κ3) is 4.08. The highest BCUT2D eigenvalue weighted by Gasteiger charge is 2.40. The van der Waals surface area contributed by atoms with Gasteiger partial charge in [0.25, 0.3) is 5.91 Å². The predicted octanol–water partition coefficient (Wildman–Crippen LogP) is 0.451. The zero-order valence-corrected chi connectivity index (χ0v) is 14.4. The van der Waals surface area contributed by atoms with Crippen molar-refractivity contribution in [2.75, 3.05) is 18.1 Å². The standard InChI is InChI=1S/C17H22N2O6/c1-10-4-5-13-12(8-10)19(16(24)17(2,3)25-13)7-6-14(21)18-11(9-20)15(22)23/h4-5,8,11,20H,6-7,9H2,1-3H3,(H,18,21)(H,22,23). The van der Waals surface area contributed by atoms with E-state index in [-0.39, 0.29) is 18.9 Å². The van der Waals surface area contributed by atoms with E-state index < -0.39 is 30.1 Å². The van der Waals surface area contributed by atoms with Gasteiger partial charge < -0.3 is 25.2 Å². The maximum absolute atomic E-state index is 12.7. The van der Waals surface area contributed by atoms with Crippen LogP contribution >= 0.6 is 0 Å². The third-order valence-electron chi connectivity index (χ3n) is 3.91. The number of rotatable bonds is 6. The molecule has 1 aromatic rings. The summed E-state index contributed by atoms with van der Waals surface area (Å²) in [5.74, 6) is -1.61. The summed E-state index contributed by atoms with van der Waals surface area (Å²) in [5.41, 5.74) is 0.456. The van der Waals surface area contributed by atoms with Gasteiger partial charge in [-0.2, -0.15) is 0 Å². The molecule has 0 fully saturated rings. The molecule has 136 valence electrons. The van der Waals surface area contributed by atoms with Crippen molar-refractivity contribution >= 4 is 23.5 Å². The highest BCUT2D eigenvalue weighted by atomic mass is 16.5. The number of carbonyl (C=O) groups is 3. The molecule has 0 spiro atoms. The van der Waals surface area contributed by atoms with E-state index in [1.807, 2.05) is 13.0 Å². The van der Waals surface area contributed by atoms with Gasteiger partial charge in [-0.1, -0.05) is 6.07 Å². The average Bonchev–Trinajstić information content (AvgIpc) is 2.53. The second-order valence-electron chi connectivity index (χ2n) is 6.43. The Balaban J connectivity index is 2.15. The number of carboxylic acid groups (broad SMARTS) is 1. The van der Waals surface area contributed by atoms with E-state index in [1.54, 1.807) is 26.0 Å². The maximum atomic E-state index is 12.7. The molecule has 1 atom stereocenters. The van der Waals surface area contributed by atoms with Crippen LogP contribution in [-0.4, -0.2) is 52.8 Å².